The Labute approximate surface area is 224 Å². The van der Waals surface area contributed by atoms with Crippen LogP contribution in [0.1, 0.15) is 40.2 Å². The number of rotatable bonds is 11. The van der Waals surface area contributed by atoms with Gasteiger partial charge < -0.3 is 23.5 Å². The molecule has 7 nitrogen and oxygen atoms in total. The van der Waals surface area contributed by atoms with Crippen molar-refractivity contribution in [3.63, 3.8) is 0 Å². The zero-order valence-electron chi connectivity index (χ0n) is 22.8. The number of oxazole rings is 1. The van der Waals surface area contributed by atoms with Crippen LogP contribution < -0.4 is 14.4 Å². The van der Waals surface area contributed by atoms with Crippen molar-refractivity contribution in [3.05, 3.63) is 84.4 Å². The molecule has 1 heterocycles. The molecule has 0 aliphatic carbocycles. The number of benzene rings is 3. The molecule has 0 aliphatic rings. The summed E-state index contributed by atoms with van der Waals surface area (Å²) in [6.45, 7) is 10.6. The average Bonchev–Trinajstić information content (AvgIpc) is 3.30. The molecule has 0 unspecified atom stereocenters. The van der Waals surface area contributed by atoms with E-state index in [0.717, 1.165) is 22.4 Å². The van der Waals surface area contributed by atoms with Crippen molar-refractivity contribution < 1.29 is 23.4 Å². The van der Waals surface area contributed by atoms with Crippen LogP contribution in [0.15, 0.2) is 83.3 Å². The Bertz CT molecular complexity index is 1310. The number of carbonyl (C=O) groups is 1. The van der Waals surface area contributed by atoms with E-state index in [1.165, 1.54) is 0 Å². The number of fused-ring (bicyclic) bond motifs is 1. The van der Waals surface area contributed by atoms with Crippen LogP contribution in [0.25, 0.3) is 11.1 Å². The van der Waals surface area contributed by atoms with Crippen LogP contribution >= 0.6 is 0 Å². The van der Waals surface area contributed by atoms with Crippen molar-refractivity contribution in [2.24, 2.45) is 0 Å². The molecule has 0 amide bonds. The minimum Gasteiger partial charge on any atom is -0.492 e. The minimum atomic E-state index is -1.15. The molecular weight excluding hydrogens is 480 g/mol. The van der Waals surface area contributed by atoms with E-state index in [1.807, 2.05) is 99.6 Å². The van der Waals surface area contributed by atoms with Crippen molar-refractivity contribution in [3.8, 4) is 11.5 Å². The van der Waals surface area contributed by atoms with Crippen LogP contribution in [0.4, 0.5) is 6.01 Å². The summed E-state index contributed by atoms with van der Waals surface area (Å²) in [5, 5.41) is 0. The van der Waals surface area contributed by atoms with Gasteiger partial charge in [-0.1, -0.05) is 48.5 Å². The molecule has 0 spiro atoms. The Morgan fingerprint density at radius 1 is 0.868 bits per heavy atom. The van der Waals surface area contributed by atoms with Gasteiger partial charge in [0.2, 0.25) is 0 Å². The predicted octanol–water partition coefficient (Wildman–Crippen LogP) is 6.46. The van der Waals surface area contributed by atoms with Gasteiger partial charge in [-0.15, -0.1) is 0 Å². The lowest BCUT2D eigenvalue weighted by Crippen LogP contribution is -2.43. The average molecular weight is 517 g/mol. The zero-order valence-corrected chi connectivity index (χ0v) is 22.8. The molecule has 3 aromatic carbocycles. The lowest BCUT2D eigenvalue weighted by molar-refractivity contribution is -0.171. The minimum absolute atomic E-state index is 0.411. The molecule has 0 radical (unpaired) electrons. The van der Waals surface area contributed by atoms with Crippen LogP contribution in [-0.2, 0) is 16.0 Å². The van der Waals surface area contributed by atoms with Crippen molar-refractivity contribution in [1.29, 1.82) is 0 Å². The second-order valence-corrected chi connectivity index (χ2v) is 10.6. The fourth-order valence-electron chi connectivity index (χ4n) is 3.87. The van der Waals surface area contributed by atoms with E-state index in [9.17, 15) is 4.79 Å². The summed E-state index contributed by atoms with van der Waals surface area (Å²) in [7, 11) is 0. The molecule has 38 heavy (non-hydrogen) atoms. The smallest absolute Gasteiger partial charge is 0.350 e. The molecule has 0 fully saturated rings. The van der Waals surface area contributed by atoms with E-state index in [4.69, 9.17) is 23.6 Å². The number of esters is 1. The SMILES string of the molecule is CC(C)(C)OC(=O)C(C)(C)Oc1ccccc1CCN(CCOc1ccccc1)c1nc2ccccc2o1. The summed E-state index contributed by atoms with van der Waals surface area (Å²) in [5.74, 6) is 1.04. The van der Waals surface area contributed by atoms with Gasteiger partial charge in [-0.3, -0.25) is 0 Å². The maximum absolute atomic E-state index is 12.8. The van der Waals surface area contributed by atoms with E-state index < -0.39 is 17.2 Å². The normalized spacial score (nSPS) is 11.8. The Kier molecular flexibility index (Phi) is 8.25. The number of hydrogen-bond donors (Lipinski definition) is 0. The van der Waals surface area contributed by atoms with Gasteiger partial charge in [0.25, 0.3) is 6.01 Å². The number of anilines is 1. The van der Waals surface area contributed by atoms with Gasteiger partial charge in [0.05, 0.1) is 6.54 Å². The fourth-order valence-corrected chi connectivity index (χ4v) is 3.87. The highest BCUT2D eigenvalue weighted by Crippen LogP contribution is 2.27. The van der Waals surface area contributed by atoms with Crippen LogP contribution in [0.2, 0.25) is 0 Å². The zero-order chi connectivity index (χ0) is 27.2. The number of carbonyl (C=O) groups excluding carboxylic acids is 1. The molecule has 1 aromatic heterocycles. The standard InChI is InChI=1S/C31H36N2O5/c1-30(2,3)38-28(34)31(4,5)37-26-17-11-9-13-23(26)19-20-33(21-22-35-24-14-7-6-8-15-24)29-32-25-16-10-12-18-27(25)36-29/h6-18H,19-22H2,1-5H3. The highest BCUT2D eigenvalue weighted by Gasteiger charge is 2.35. The first-order chi connectivity index (χ1) is 18.1. The van der Waals surface area contributed by atoms with E-state index in [2.05, 4.69) is 4.90 Å². The highest BCUT2D eigenvalue weighted by molar-refractivity contribution is 5.79. The van der Waals surface area contributed by atoms with E-state index in [0.29, 0.717) is 37.9 Å². The van der Waals surface area contributed by atoms with E-state index in [-0.39, 0.29) is 0 Å². The number of nitrogens with zero attached hydrogens (tertiary/aromatic N) is 2. The van der Waals surface area contributed by atoms with Gasteiger partial charge in [-0.25, -0.2) is 4.79 Å². The Hall–Kier alpha value is -4.00. The Balaban J connectivity index is 1.49. The third-order valence-electron chi connectivity index (χ3n) is 5.81. The van der Waals surface area contributed by atoms with E-state index in [1.54, 1.807) is 13.8 Å². The lowest BCUT2D eigenvalue weighted by Gasteiger charge is -2.30. The number of ether oxygens (including phenoxy) is 3. The lowest BCUT2D eigenvalue weighted by atomic mass is 10.1. The largest absolute Gasteiger partial charge is 0.492 e. The van der Waals surface area contributed by atoms with Crippen molar-refractivity contribution in [2.45, 2.75) is 52.2 Å². The molecule has 0 atom stereocenters. The summed E-state index contributed by atoms with van der Waals surface area (Å²) < 4.78 is 23.8. The topological polar surface area (TPSA) is 74.0 Å². The molecule has 0 bridgehead atoms. The first-order valence-corrected chi connectivity index (χ1v) is 12.9. The van der Waals surface area contributed by atoms with Gasteiger partial charge in [0, 0.05) is 6.54 Å². The van der Waals surface area contributed by atoms with Crippen molar-refractivity contribution in [2.75, 3.05) is 24.6 Å². The second kappa shape index (κ2) is 11.6. The van der Waals surface area contributed by atoms with Gasteiger partial charge in [-0.2, -0.15) is 4.98 Å². The van der Waals surface area contributed by atoms with E-state index >= 15 is 0 Å². The number of aromatic nitrogens is 1. The van der Waals surface area contributed by atoms with Crippen LogP contribution in [-0.4, -0.2) is 41.9 Å². The summed E-state index contributed by atoms with van der Waals surface area (Å²) in [6, 6.07) is 25.7. The van der Waals surface area contributed by atoms with Crippen molar-refractivity contribution >= 4 is 23.1 Å². The molecule has 7 heteroatoms. The quantitative estimate of drug-likeness (QED) is 0.212. The third-order valence-corrected chi connectivity index (χ3v) is 5.81. The highest BCUT2D eigenvalue weighted by atomic mass is 16.6. The first-order valence-electron chi connectivity index (χ1n) is 12.9. The Morgan fingerprint density at radius 3 is 2.29 bits per heavy atom. The fraction of sp³-hybridized carbons (Fsp3) is 0.355. The molecule has 200 valence electrons. The molecule has 4 aromatic rings. The number of para-hydroxylation sites is 4. The maximum atomic E-state index is 12.8. The van der Waals surface area contributed by atoms with Gasteiger partial charge in [0.15, 0.2) is 11.2 Å². The molecule has 0 aliphatic heterocycles. The molecule has 4 rings (SSSR count). The van der Waals surface area contributed by atoms with Crippen molar-refractivity contribution in [1.82, 2.24) is 4.98 Å². The van der Waals surface area contributed by atoms with Crippen LogP contribution in [0, 0.1) is 0 Å². The predicted molar refractivity (Wildman–Crippen MR) is 149 cm³/mol. The molecule has 0 saturated carbocycles. The first kappa shape index (κ1) is 27.0. The van der Waals surface area contributed by atoms with Gasteiger partial charge >= 0.3 is 5.97 Å². The summed E-state index contributed by atoms with van der Waals surface area (Å²) in [6.07, 6.45) is 0.643. The number of hydrogen-bond acceptors (Lipinski definition) is 7. The molecule has 0 N–H and O–H groups in total. The van der Waals surface area contributed by atoms with Crippen LogP contribution in [0.5, 0.6) is 11.5 Å². The maximum Gasteiger partial charge on any atom is 0.350 e. The monoisotopic (exact) mass is 516 g/mol. The summed E-state index contributed by atoms with van der Waals surface area (Å²) >= 11 is 0. The van der Waals surface area contributed by atoms with Gasteiger partial charge in [0.1, 0.15) is 29.2 Å². The summed E-state index contributed by atoms with van der Waals surface area (Å²) in [4.78, 5) is 19.5. The van der Waals surface area contributed by atoms with Crippen LogP contribution in [0.3, 0.4) is 0 Å². The van der Waals surface area contributed by atoms with Gasteiger partial charge in [-0.05, 0) is 76.9 Å². The summed E-state index contributed by atoms with van der Waals surface area (Å²) in [5.41, 5.74) is 0.763. The third kappa shape index (κ3) is 7.28. The second-order valence-electron chi connectivity index (χ2n) is 10.6. The molecule has 0 saturated heterocycles. The molecular formula is C31H36N2O5. The Morgan fingerprint density at radius 2 is 1.55 bits per heavy atom.